The molecule has 1 aromatic carbocycles. The molecule has 8 heteroatoms. The molecule has 1 saturated heterocycles. The highest BCUT2D eigenvalue weighted by atomic mass is 32.2. The van der Waals surface area contributed by atoms with E-state index in [0.717, 1.165) is 5.75 Å². The highest BCUT2D eigenvalue weighted by molar-refractivity contribution is 7.88. The van der Waals surface area contributed by atoms with Crippen molar-refractivity contribution in [3.05, 3.63) is 30.3 Å². The Labute approximate surface area is 130 Å². The normalized spacial score (nSPS) is 16.3. The second-order valence-corrected chi connectivity index (χ2v) is 7.02. The van der Waals surface area contributed by atoms with Crippen molar-refractivity contribution in [1.29, 1.82) is 0 Å². The number of benzene rings is 1. The summed E-state index contributed by atoms with van der Waals surface area (Å²) in [4.78, 5) is 13.6. The van der Waals surface area contributed by atoms with E-state index in [1.807, 2.05) is 30.3 Å². The number of hydrogen-bond donors (Lipinski definition) is 1. The molecule has 0 radical (unpaired) electrons. The summed E-state index contributed by atoms with van der Waals surface area (Å²) in [5.41, 5.74) is 0. The van der Waals surface area contributed by atoms with E-state index in [1.54, 1.807) is 4.90 Å². The highest BCUT2D eigenvalue weighted by Gasteiger charge is 2.25. The molecule has 0 bridgehead atoms. The molecule has 2 rings (SSSR count). The summed E-state index contributed by atoms with van der Waals surface area (Å²) in [7, 11) is -3.17. The third-order valence-corrected chi connectivity index (χ3v) is 4.69. The highest BCUT2D eigenvalue weighted by Crippen LogP contribution is 2.08. The summed E-state index contributed by atoms with van der Waals surface area (Å²) in [5, 5.41) is 2.77. The van der Waals surface area contributed by atoms with Gasteiger partial charge in [0.1, 0.15) is 12.4 Å². The maximum absolute atomic E-state index is 12.0. The Morgan fingerprint density at radius 2 is 1.82 bits per heavy atom. The van der Waals surface area contributed by atoms with Crippen LogP contribution in [0.5, 0.6) is 5.75 Å². The summed E-state index contributed by atoms with van der Waals surface area (Å²) in [6.45, 7) is 2.27. The predicted molar refractivity (Wildman–Crippen MR) is 83.3 cm³/mol. The lowest BCUT2D eigenvalue weighted by Crippen LogP contribution is -2.53. The standard InChI is InChI=1S/C14H21N3O4S/c1-22(19,20)17-10-8-16(9-11-17)14(18)15-7-12-21-13-5-3-2-4-6-13/h2-6H,7-12H2,1H3,(H,15,18). The fourth-order valence-electron chi connectivity index (χ4n) is 2.18. The maximum atomic E-state index is 12.0. The zero-order chi connectivity index (χ0) is 16.0. The molecular weight excluding hydrogens is 306 g/mol. The molecule has 1 heterocycles. The Morgan fingerprint density at radius 1 is 1.18 bits per heavy atom. The van der Waals surface area contributed by atoms with E-state index in [4.69, 9.17) is 4.74 Å². The first kappa shape index (κ1) is 16.6. The molecule has 1 aliphatic heterocycles. The first-order valence-electron chi connectivity index (χ1n) is 7.12. The Bertz CT molecular complexity index is 583. The number of piperazine rings is 1. The molecule has 2 amide bonds. The Hall–Kier alpha value is -1.80. The fraction of sp³-hybridized carbons (Fsp3) is 0.500. The molecule has 1 aromatic rings. The van der Waals surface area contributed by atoms with E-state index in [1.165, 1.54) is 10.6 Å². The van der Waals surface area contributed by atoms with Crippen LogP contribution in [-0.4, -0.2) is 69.2 Å². The predicted octanol–water partition coefficient (Wildman–Crippen LogP) is 0.352. The van der Waals surface area contributed by atoms with Crippen LogP contribution in [0.1, 0.15) is 0 Å². The van der Waals surface area contributed by atoms with Gasteiger partial charge in [-0.2, -0.15) is 4.31 Å². The van der Waals surface area contributed by atoms with Crippen LogP contribution >= 0.6 is 0 Å². The third-order valence-electron chi connectivity index (χ3n) is 3.39. The maximum Gasteiger partial charge on any atom is 0.317 e. The van der Waals surface area contributed by atoms with Crippen LogP contribution < -0.4 is 10.1 Å². The van der Waals surface area contributed by atoms with Crippen molar-refractivity contribution in [2.75, 3.05) is 45.6 Å². The average molecular weight is 327 g/mol. The van der Waals surface area contributed by atoms with E-state index in [9.17, 15) is 13.2 Å². The number of sulfonamides is 1. The number of rotatable bonds is 5. The Morgan fingerprint density at radius 3 is 2.41 bits per heavy atom. The molecular formula is C14H21N3O4S. The lowest BCUT2D eigenvalue weighted by atomic mass is 10.3. The fourth-order valence-corrected chi connectivity index (χ4v) is 3.00. The lowest BCUT2D eigenvalue weighted by Gasteiger charge is -2.33. The molecule has 0 unspecified atom stereocenters. The molecule has 7 nitrogen and oxygen atoms in total. The third kappa shape index (κ3) is 4.88. The lowest BCUT2D eigenvalue weighted by molar-refractivity contribution is 0.170. The van der Waals surface area contributed by atoms with Gasteiger partial charge >= 0.3 is 6.03 Å². The number of hydrogen-bond acceptors (Lipinski definition) is 4. The van der Waals surface area contributed by atoms with Gasteiger partial charge in [-0.3, -0.25) is 0 Å². The molecule has 1 N–H and O–H groups in total. The van der Waals surface area contributed by atoms with Crippen LogP contribution in [0.3, 0.4) is 0 Å². The van der Waals surface area contributed by atoms with Gasteiger partial charge < -0.3 is 15.0 Å². The SMILES string of the molecule is CS(=O)(=O)N1CCN(C(=O)NCCOc2ccccc2)CC1. The van der Waals surface area contributed by atoms with E-state index < -0.39 is 10.0 Å². The van der Waals surface area contributed by atoms with E-state index in [-0.39, 0.29) is 6.03 Å². The quantitative estimate of drug-likeness (QED) is 0.792. The molecule has 122 valence electrons. The van der Waals surface area contributed by atoms with Crippen LogP contribution in [0.4, 0.5) is 4.79 Å². The van der Waals surface area contributed by atoms with Crippen molar-refractivity contribution in [1.82, 2.24) is 14.5 Å². The zero-order valence-electron chi connectivity index (χ0n) is 12.6. The molecule has 0 saturated carbocycles. The number of para-hydroxylation sites is 1. The van der Waals surface area contributed by atoms with Gasteiger partial charge in [-0.25, -0.2) is 13.2 Å². The summed E-state index contributed by atoms with van der Waals surface area (Å²) in [6, 6.07) is 9.19. The summed E-state index contributed by atoms with van der Waals surface area (Å²) >= 11 is 0. The molecule has 0 aromatic heterocycles. The van der Waals surface area contributed by atoms with Gasteiger partial charge in [0.05, 0.1) is 12.8 Å². The number of carbonyl (C=O) groups is 1. The van der Waals surface area contributed by atoms with Crippen molar-refractivity contribution in [2.45, 2.75) is 0 Å². The summed E-state index contributed by atoms with van der Waals surface area (Å²) in [6.07, 6.45) is 1.18. The minimum atomic E-state index is -3.17. The molecule has 1 fully saturated rings. The average Bonchev–Trinajstić information content (AvgIpc) is 2.52. The molecule has 22 heavy (non-hydrogen) atoms. The minimum absolute atomic E-state index is 0.190. The van der Waals surface area contributed by atoms with Gasteiger partial charge in [0.2, 0.25) is 10.0 Å². The smallest absolute Gasteiger partial charge is 0.317 e. The Kier molecular flexibility index (Phi) is 5.62. The number of nitrogens with one attached hydrogen (secondary N) is 1. The molecule has 0 spiro atoms. The second kappa shape index (κ2) is 7.46. The van der Waals surface area contributed by atoms with Crippen LogP contribution in [0.2, 0.25) is 0 Å². The van der Waals surface area contributed by atoms with Crippen molar-refractivity contribution in [3.63, 3.8) is 0 Å². The van der Waals surface area contributed by atoms with Gasteiger partial charge in [-0.05, 0) is 12.1 Å². The van der Waals surface area contributed by atoms with Crippen molar-refractivity contribution in [2.24, 2.45) is 0 Å². The Balaban J connectivity index is 1.66. The van der Waals surface area contributed by atoms with Gasteiger partial charge in [0.15, 0.2) is 0 Å². The first-order valence-corrected chi connectivity index (χ1v) is 8.97. The monoisotopic (exact) mass is 327 g/mol. The minimum Gasteiger partial charge on any atom is -0.492 e. The number of nitrogens with zero attached hydrogens (tertiary/aromatic N) is 2. The number of carbonyl (C=O) groups excluding carboxylic acids is 1. The zero-order valence-corrected chi connectivity index (χ0v) is 13.4. The van der Waals surface area contributed by atoms with Gasteiger partial charge in [-0.15, -0.1) is 0 Å². The van der Waals surface area contributed by atoms with Crippen molar-refractivity contribution >= 4 is 16.1 Å². The summed E-state index contributed by atoms with van der Waals surface area (Å²) in [5.74, 6) is 0.763. The van der Waals surface area contributed by atoms with E-state index >= 15 is 0 Å². The van der Waals surface area contributed by atoms with Gasteiger partial charge in [0.25, 0.3) is 0 Å². The van der Waals surface area contributed by atoms with E-state index in [0.29, 0.717) is 39.3 Å². The van der Waals surface area contributed by atoms with Crippen LogP contribution in [0.15, 0.2) is 30.3 Å². The molecule has 0 atom stereocenters. The first-order chi connectivity index (χ1) is 10.5. The number of urea groups is 1. The van der Waals surface area contributed by atoms with Crippen LogP contribution in [0.25, 0.3) is 0 Å². The number of ether oxygens (including phenoxy) is 1. The van der Waals surface area contributed by atoms with Crippen LogP contribution in [-0.2, 0) is 10.0 Å². The van der Waals surface area contributed by atoms with Gasteiger partial charge in [0, 0.05) is 26.2 Å². The number of amides is 2. The second-order valence-electron chi connectivity index (χ2n) is 5.04. The van der Waals surface area contributed by atoms with E-state index in [2.05, 4.69) is 5.32 Å². The molecule has 0 aliphatic carbocycles. The summed E-state index contributed by atoms with van der Waals surface area (Å²) < 4.78 is 29.7. The van der Waals surface area contributed by atoms with Gasteiger partial charge in [-0.1, -0.05) is 18.2 Å². The van der Waals surface area contributed by atoms with Crippen LogP contribution in [0, 0.1) is 0 Å². The largest absolute Gasteiger partial charge is 0.492 e. The topological polar surface area (TPSA) is 79.0 Å². The van der Waals surface area contributed by atoms with Crippen molar-refractivity contribution in [3.8, 4) is 5.75 Å². The molecule has 1 aliphatic rings. The van der Waals surface area contributed by atoms with Crippen molar-refractivity contribution < 1.29 is 17.9 Å².